The van der Waals surface area contributed by atoms with Crippen molar-refractivity contribution in [2.75, 3.05) is 25.2 Å². The van der Waals surface area contributed by atoms with Gasteiger partial charge in [-0.3, -0.25) is 0 Å². The van der Waals surface area contributed by atoms with Crippen LogP contribution in [0.25, 0.3) is 0 Å². The molecule has 19 heavy (non-hydrogen) atoms. The third-order valence-electron chi connectivity index (χ3n) is 2.90. The van der Waals surface area contributed by atoms with E-state index in [-0.39, 0.29) is 6.04 Å². The summed E-state index contributed by atoms with van der Waals surface area (Å²) >= 11 is 1.77. The summed E-state index contributed by atoms with van der Waals surface area (Å²) in [4.78, 5) is 0. The lowest BCUT2D eigenvalue weighted by molar-refractivity contribution is 0.286. The second-order valence-electron chi connectivity index (χ2n) is 4.39. The number of rotatable bonds is 9. The first-order valence-corrected chi connectivity index (χ1v) is 8.24. The summed E-state index contributed by atoms with van der Waals surface area (Å²) in [6.45, 7) is 5.42. The normalized spacial score (nSPS) is 12.2. The van der Waals surface area contributed by atoms with Gasteiger partial charge in [0.1, 0.15) is 0 Å². The number of ether oxygens (including phenoxy) is 2. The Morgan fingerprint density at radius 1 is 1.26 bits per heavy atom. The topological polar surface area (TPSA) is 44.5 Å². The summed E-state index contributed by atoms with van der Waals surface area (Å²) in [5.74, 6) is 2.66. The molecule has 0 saturated carbocycles. The smallest absolute Gasteiger partial charge is 0.164 e. The third kappa shape index (κ3) is 5.33. The van der Waals surface area contributed by atoms with Gasteiger partial charge in [0.2, 0.25) is 0 Å². The van der Waals surface area contributed by atoms with Gasteiger partial charge in [0.05, 0.1) is 13.2 Å². The Hall–Kier alpha value is -0.870. The van der Waals surface area contributed by atoms with Gasteiger partial charge < -0.3 is 15.2 Å². The number of hydrogen-bond acceptors (Lipinski definition) is 4. The van der Waals surface area contributed by atoms with Crippen LogP contribution < -0.4 is 15.2 Å². The van der Waals surface area contributed by atoms with E-state index in [0.717, 1.165) is 35.7 Å². The van der Waals surface area contributed by atoms with Crippen LogP contribution in [0.2, 0.25) is 0 Å². The standard InChI is InChI=1S/C15H25NO2S/c1-4-13(16)11-12-7-6-8-14(17-5-2)15(12)18-9-10-19-3/h6-8,13H,4-5,9-11,16H2,1-3H3. The molecule has 1 aromatic rings. The molecule has 0 heterocycles. The highest BCUT2D eigenvalue weighted by molar-refractivity contribution is 7.98. The maximum absolute atomic E-state index is 6.05. The Morgan fingerprint density at radius 2 is 2.05 bits per heavy atom. The molecule has 0 spiro atoms. The van der Waals surface area contributed by atoms with Crippen molar-refractivity contribution in [3.8, 4) is 11.5 Å². The van der Waals surface area contributed by atoms with E-state index in [1.54, 1.807) is 11.8 Å². The first-order valence-electron chi connectivity index (χ1n) is 6.84. The zero-order valence-electron chi connectivity index (χ0n) is 12.1. The molecule has 108 valence electrons. The van der Waals surface area contributed by atoms with Crippen LogP contribution in [-0.4, -0.2) is 31.3 Å². The van der Waals surface area contributed by atoms with Gasteiger partial charge in [0, 0.05) is 11.8 Å². The molecule has 0 aliphatic heterocycles. The van der Waals surface area contributed by atoms with Crippen molar-refractivity contribution >= 4 is 11.8 Å². The zero-order valence-corrected chi connectivity index (χ0v) is 13.0. The maximum atomic E-state index is 6.05. The Morgan fingerprint density at radius 3 is 2.68 bits per heavy atom. The fraction of sp³-hybridized carbons (Fsp3) is 0.600. The molecule has 2 N–H and O–H groups in total. The van der Waals surface area contributed by atoms with Crippen molar-refractivity contribution in [3.63, 3.8) is 0 Å². The minimum Gasteiger partial charge on any atom is -0.490 e. The number of benzene rings is 1. The molecule has 4 heteroatoms. The summed E-state index contributed by atoms with van der Waals surface area (Å²) in [5.41, 5.74) is 7.19. The van der Waals surface area contributed by atoms with E-state index in [4.69, 9.17) is 15.2 Å². The highest BCUT2D eigenvalue weighted by Gasteiger charge is 2.13. The van der Waals surface area contributed by atoms with Gasteiger partial charge in [-0.2, -0.15) is 11.8 Å². The van der Waals surface area contributed by atoms with Gasteiger partial charge in [-0.1, -0.05) is 19.1 Å². The predicted octanol–water partition coefficient (Wildman–Crippen LogP) is 3.11. The number of thioether (sulfide) groups is 1. The van der Waals surface area contributed by atoms with Crippen LogP contribution in [0, 0.1) is 0 Å². The van der Waals surface area contributed by atoms with E-state index in [9.17, 15) is 0 Å². The van der Waals surface area contributed by atoms with Gasteiger partial charge in [-0.05, 0) is 37.7 Å². The molecule has 0 saturated heterocycles. The molecule has 3 nitrogen and oxygen atoms in total. The van der Waals surface area contributed by atoms with Crippen molar-refractivity contribution in [1.82, 2.24) is 0 Å². The molecule has 0 amide bonds. The number of para-hydroxylation sites is 1. The Kier molecular flexibility index (Phi) is 7.75. The van der Waals surface area contributed by atoms with Gasteiger partial charge in [-0.25, -0.2) is 0 Å². The van der Waals surface area contributed by atoms with E-state index >= 15 is 0 Å². The minimum atomic E-state index is 0.166. The molecule has 1 atom stereocenters. The number of nitrogens with two attached hydrogens (primary N) is 1. The van der Waals surface area contributed by atoms with Crippen LogP contribution in [0.4, 0.5) is 0 Å². The molecule has 0 bridgehead atoms. The summed E-state index contributed by atoms with van der Waals surface area (Å²) in [5, 5.41) is 0. The lowest BCUT2D eigenvalue weighted by Crippen LogP contribution is -2.22. The molecule has 0 radical (unpaired) electrons. The molecule has 1 aromatic carbocycles. The molecular formula is C15H25NO2S. The van der Waals surface area contributed by atoms with Crippen LogP contribution in [0.5, 0.6) is 11.5 Å². The third-order valence-corrected chi connectivity index (χ3v) is 3.48. The highest BCUT2D eigenvalue weighted by Crippen LogP contribution is 2.32. The molecule has 0 fully saturated rings. The maximum Gasteiger partial charge on any atom is 0.164 e. The average molecular weight is 283 g/mol. The Bertz CT molecular complexity index is 371. The van der Waals surface area contributed by atoms with E-state index in [1.807, 2.05) is 19.1 Å². The first-order chi connectivity index (χ1) is 9.22. The largest absolute Gasteiger partial charge is 0.490 e. The fourth-order valence-electron chi connectivity index (χ4n) is 1.81. The van der Waals surface area contributed by atoms with Crippen molar-refractivity contribution < 1.29 is 9.47 Å². The zero-order chi connectivity index (χ0) is 14.1. The van der Waals surface area contributed by atoms with Crippen LogP contribution in [0.15, 0.2) is 18.2 Å². The van der Waals surface area contributed by atoms with E-state index in [2.05, 4.69) is 19.2 Å². The summed E-state index contributed by atoms with van der Waals surface area (Å²) in [6.07, 6.45) is 3.86. The van der Waals surface area contributed by atoms with Gasteiger partial charge >= 0.3 is 0 Å². The molecule has 0 aliphatic rings. The van der Waals surface area contributed by atoms with Crippen LogP contribution in [0.1, 0.15) is 25.8 Å². The van der Waals surface area contributed by atoms with Gasteiger partial charge in [0.25, 0.3) is 0 Å². The Balaban J connectivity index is 2.89. The number of hydrogen-bond donors (Lipinski definition) is 1. The molecule has 1 rings (SSSR count). The fourth-order valence-corrected chi connectivity index (χ4v) is 2.06. The molecule has 1 unspecified atom stereocenters. The van der Waals surface area contributed by atoms with Crippen molar-refractivity contribution in [2.24, 2.45) is 5.73 Å². The average Bonchev–Trinajstić information content (AvgIpc) is 2.42. The quantitative estimate of drug-likeness (QED) is 0.707. The lowest BCUT2D eigenvalue weighted by atomic mass is 10.0. The minimum absolute atomic E-state index is 0.166. The summed E-state index contributed by atoms with van der Waals surface area (Å²) in [7, 11) is 0. The van der Waals surface area contributed by atoms with Crippen LogP contribution in [0.3, 0.4) is 0 Å². The van der Waals surface area contributed by atoms with Crippen LogP contribution in [-0.2, 0) is 6.42 Å². The monoisotopic (exact) mass is 283 g/mol. The summed E-state index contributed by atoms with van der Waals surface area (Å²) < 4.78 is 11.6. The van der Waals surface area contributed by atoms with Gasteiger partial charge in [0.15, 0.2) is 11.5 Å². The second-order valence-corrected chi connectivity index (χ2v) is 5.38. The van der Waals surface area contributed by atoms with E-state index in [0.29, 0.717) is 13.2 Å². The van der Waals surface area contributed by atoms with E-state index in [1.165, 1.54) is 0 Å². The summed E-state index contributed by atoms with van der Waals surface area (Å²) in [6, 6.07) is 6.20. The second kappa shape index (κ2) is 9.10. The first kappa shape index (κ1) is 16.2. The van der Waals surface area contributed by atoms with Crippen LogP contribution >= 0.6 is 11.8 Å². The molecule has 0 aliphatic carbocycles. The highest BCUT2D eigenvalue weighted by atomic mass is 32.2. The Labute approximate surface area is 120 Å². The molecular weight excluding hydrogens is 258 g/mol. The van der Waals surface area contributed by atoms with Crippen molar-refractivity contribution in [3.05, 3.63) is 23.8 Å². The molecule has 0 aromatic heterocycles. The van der Waals surface area contributed by atoms with Gasteiger partial charge in [-0.15, -0.1) is 0 Å². The van der Waals surface area contributed by atoms with Crippen molar-refractivity contribution in [2.45, 2.75) is 32.7 Å². The van der Waals surface area contributed by atoms with E-state index < -0.39 is 0 Å². The van der Waals surface area contributed by atoms with Crippen molar-refractivity contribution in [1.29, 1.82) is 0 Å². The lowest BCUT2D eigenvalue weighted by Gasteiger charge is -2.17. The predicted molar refractivity (Wildman–Crippen MR) is 83.5 cm³/mol. The SMILES string of the molecule is CCOc1cccc(CC(N)CC)c1OCCSC.